The van der Waals surface area contributed by atoms with Gasteiger partial charge in [-0.25, -0.2) is 0 Å². The average molecular weight is 421 g/mol. The molecule has 0 unspecified atom stereocenters. The van der Waals surface area contributed by atoms with Crippen LogP contribution in [0.3, 0.4) is 0 Å². The van der Waals surface area contributed by atoms with E-state index < -0.39 is 0 Å². The second-order valence-electron chi connectivity index (χ2n) is 7.52. The van der Waals surface area contributed by atoms with Gasteiger partial charge in [0.05, 0.1) is 0 Å². The number of carbonyl (C=O) groups excluding carboxylic acids is 2. The predicted molar refractivity (Wildman–Crippen MR) is 129 cm³/mol. The van der Waals surface area contributed by atoms with Crippen LogP contribution in [0.5, 0.6) is 0 Å². The van der Waals surface area contributed by atoms with E-state index in [9.17, 15) is 9.59 Å². The molecule has 4 nitrogen and oxygen atoms in total. The average Bonchev–Trinajstić information content (AvgIpc) is 2.85. The van der Waals surface area contributed by atoms with Crippen molar-refractivity contribution in [2.75, 3.05) is 0 Å². The van der Waals surface area contributed by atoms with Crippen molar-refractivity contribution in [2.24, 2.45) is 0 Å². The van der Waals surface area contributed by atoms with E-state index in [0.29, 0.717) is 18.7 Å². The summed E-state index contributed by atoms with van der Waals surface area (Å²) in [7, 11) is 0. The van der Waals surface area contributed by atoms with Gasteiger partial charge in [-0.3, -0.25) is 9.59 Å². The lowest BCUT2D eigenvalue weighted by atomic mass is 10.1. The molecule has 0 aliphatic heterocycles. The Labute approximate surface area is 187 Å². The lowest BCUT2D eigenvalue weighted by Gasteiger charge is -2.07. The molecule has 0 aliphatic rings. The molecule has 4 aromatic rings. The van der Waals surface area contributed by atoms with Crippen molar-refractivity contribution >= 4 is 28.7 Å². The van der Waals surface area contributed by atoms with Gasteiger partial charge in [0, 0.05) is 24.7 Å². The van der Waals surface area contributed by atoms with Crippen LogP contribution in [0.2, 0.25) is 0 Å². The highest BCUT2D eigenvalue weighted by atomic mass is 16.2. The highest BCUT2D eigenvalue weighted by molar-refractivity contribution is 5.94. The summed E-state index contributed by atoms with van der Waals surface area (Å²) in [5, 5.41) is 8.10. The van der Waals surface area contributed by atoms with Crippen molar-refractivity contribution in [3.8, 4) is 0 Å². The molecule has 4 heteroatoms. The van der Waals surface area contributed by atoms with Gasteiger partial charge >= 0.3 is 0 Å². The Morgan fingerprint density at radius 2 is 1.31 bits per heavy atom. The molecule has 2 N–H and O–H groups in total. The quantitative estimate of drug-likeness (QED) is 0.409. The third-order valence-electron chi connectivity index (χ3n) is 5.18. The van der Waals surface area contributed by atoms with Gasteiger partial charge < -0.3 is 10.6 Å². The number of amides is 2. The predicted octanol–water partition coefficient (Wildman–Crippen LogP) is 5.10. The fourth-order valence-electron chi connectivity index (χ4n) is 3.39. The molecule has 0 heterocycles. The number of hydrogen-bond donors (Lipinski definition) is 2. The van der Waals surface area contributed by atoms with Gasteiger partial charge in [-0.05, 0) is 51.7 Å². The fraction of sp³-hybridized carbons (Fsp3) is 0.0714. The molecular weight excluding hydrogens is 396 g/mol. The maximum atomic E-state index is 12.3. The summed E-state index contributed by atoms with van der Waals surface area (Å²) in [4.78, 5) is 24.5. The summed E-state index contributed by atoms with van der Waals surface area (Å²) in [6, 6.07) is 31.3. The molecule has 0 saturated heterocycles. The first-order chi connectivity index (χ1) is 15.7. The maximum Gasteiger partial charge on any atom is 0.251 e. The van der Waals surface area contributed by atoms with Gasteiger partial charge in [-0.1, -0.05) is 78.9 Å². The number of benzene rings is 4. The summed E-state index contributed by atoms with van der Waals surface area (Å²) in [5.74, 6) is -0.286. The number of fused-ring (bicyclic) bond motifs is 1. The Bertz CT molecular complexity index is 1250. The molecule has 0 saturated carbocycles. The smallest absolute Gasteiger partial charge is 0.251 e. The summed E-state index contributed by atoms with van der Waals surface area (Å²) < 4.78 is 0. The van der Waals surface area contributed by atoms with E-state index in [1.54, 1.807) is 12.1 Å². The molecule has 32 heavy (non-hydrogen) atoms. The Balaban J connectivity index is 1.27. The normalized spacial score (nSPS) is 10.9. The lowest BCUT2D eigenvalue weighted by molar-refractivity contribution is -0.116. The van der Waals surface area contributed by atoms with E-state index in [0.717, 1.165) is 22.1 Å². The molecule has 0 spiro atoms. The third-order valence-corrected chi connectivity index (χ3v) is 5.18. The Hall–Kier alpha value is -4.18. The van der Waals surface area contributed by atoms with Crippen molar-refractivity contribution in [2.45, 2.75) is 13.1 Å². The third kappa shape index (κ3) is 5.70. The summed E-state index contributed by atoms with van der Waals surface area (Å²) in [6.45, 7) is 0.883. The van der Waals surface area contributed by atoms with Gasteiger partial charge in [0.25, 0.3) is 5.91 Å². The molecule has 4 aromatic carbocycles. The standard InChI is InChI=1S/C28H24N2O2/c31-27(17-13-21-10-14-24-8-4-5-9-26(24)18-21)29-19-23-11-15-25(16-12-23)28(32)30-20-22-6-2-1-3-7-22/h1-18H,19-20H2,(H,29,31)(H,30,32)/b17-13+. The molecule has 0 atom stereocenters. The zero-order valence-electron chi connectivity index (χ0n) is 17.6. The second-order valence-corrected chi connectivity index (χ2v) is 7.52. The molecule has 0 fully saturated rings. The van der Waals surface area contributed by atoms with Crippen LogP contribution >= 0.6 is 0 Å². The SMILES string of the molecule is O=C(/C=C/c1ccc2ccccc2c1)NCc1ccc(C(=O)NCc2ccccc2)cc1. The number of rotatable bonds is 7. The molecule has 158 valence electrons. The molecule has 0 aromatic heterocycles. The van der Waals surface area contributed by atoms with Crippen LogP contribution in [0.25, 0.3) is 16.8 Å². The number of nitrogens with one attached hydrogen (secondary N) is 2. The van der Waals surface area contributed by atoms with Crippen molar-refractivity contribution < 1.29 is 9.59 Å². The Morgan fingerprint density at radius 3 is 2.09 bits per heavy atom. The first-order valence-electron chi connectivity index (χ1n) is 10.5. The van der Waals surface area contributed by atoms with Crippen LogP contribution in [0, 0.1) is 0 Å². The summed E-state index contributed by atoms with van der Waals surface area (Å²) in [6.07, 6.45) is 3.34. The molecule has 4 rings (SSSR count). The van der Waals surface area contributed by atoms with Crippen LogP contribution in [-0.2, 0) is 17.9 Å². The van der Waals surface area contributed by atoms with Crippen LogP contribution < -0.4 is 10.6 Å². The van der Waals surface area contributed by atoms with Crippen molar-refractivity contribution in [3.63, 3.8) is 0 Å². The van der Waals surface area contributed by atoms with Crippen molar-refractivity contribution in [1.82, 2.24) is 10.6 Å². The molecule has 0 bridgehead atoms. The zero-order chi connectivity index (χ0) is 22.2. The van der Waals surface area contributed by atoms with Gasteiger partial charge in [-0.2, -0.15) is 0 Å². The van der Waals surface area contributed by atoms with E-state index in [2.05, 4.69) is 28.8 Å². The van der Waals surface area contributed by atoms with Crippen LogP contribution in [0.4, 0.5) is 0 Å². The first kappa shape index (κ1) is 21.1. The van der Waals surface area contributed by atoms with E-state index in [1.807, 2.05) is 72.8 Å². The van der Waals surface area contributed by atoms with Gasteiger partial charge in [0.15, 0.2) is 0 Å². The highest BCUT2D eigenvalue weighted by Gasteiger charge is 2.05. The van der Waals surface area contributed by atoms with Gasteiger partial charge in [0.1, 0.15) is 0 Å². The second kappa shape index (κ2) is 10.2. The van der Waals surface area contributed by atoms with E-state index >= 15 is 0 Å². The van der Waals surface area contributed by atoms with Crippen LogP contribution in [-0.4, -0.2) is 11.8 Å². The topological polar surface area (TPSA) is 58.2 Å². The molecule has 2 amide bonds. The molecule has 0 aliphatic carbocycles. The first-order valence-corrected chi connectivity index (χ1v) is 10.5. The van der Waals surface area contributed by atoms with E-state index in [-0.39, 0.29) is 11.8 Å². The number of carbonyl (C=O) groups is 2. The largest absolute Gasteiger partial charge is 0.348 e. The monoisotopic (exact) mass is 420 g/mol. The van der Waals surface area contributed by atoms with Crippen molar-refractivity contribution in [1.29, 1.82) is 0 Å². The lowest BCUT2D eigenvalue weighted by Crippen LogP contribution is -2.23. The molecule has 0 radical (unpaired) electrons. The van der Waals surface area contributed by atoms with Crippen LogP contribution in [0.15, 0.2) is 103 Å². The van der Waals surface area contributed by atoms with Crippen LogP contribution in [0.1, 0.15) is 27.0 Å². The van der Waals surface area contributed by atoms with E-state index in [1.165, 1.54) is 11.5 Å². The zero-order valence-corrected chi connectivity index (χ0v) is 17.6. The summed E-state index contributed by atoms with van der Waals surface area (Å²) >= 11 is 0. The van der Waals surface area contributed by atoms with Gasteiger partial charge in [0.2, 0.25) is 5.91 Å². The minimum atomic E-state index is -0.164. The van der Waals surface area contributed by atoms with Crippen molar-refractivity contribution in [3.05, 3.63) is 125 Å². The highest BCUT2D eigenvalue weighted by Crippen LogP contribution is 2.16. The fourth-order valence-corrected chi connectivity index (χ4v) is 3.39. The minimum absolute atomic E-state index is 0.122. The minimum Gasteiger partial charge on any atom is -0.348 e. The van der Waals surface area contributed by atoms with Gasteiger partial charge in [-0.15, -0.1) is 0 Å². The maximum absolute atomic E-state index is 12.3. The number of hydrogen-bond acceptors (Lipinski definition) is 2. The Kier molecular flexibility index (Phi) is 6.73. The Morgan fingerprint density at radius 1 is 0.656 bits per heavy atom. The molecular formula is C28H24N2O2. The van der Waals surface area contributed by atoms with E-state index in [4.69, 9.17) is 0 Å². The summed E-state index contributed by atoms with van der Waals surface area (Å²) in [5.41, 5.74) is 3.55.